The van der Waals surface area contributed by atoms with Crippen molar-refractivity contribution >= 4 is 58.3 Å². The van der Waals surface area contributed by atoms with Gasteiger partial charge >= 0.3 is 24.5 Å². The van der Waals surface area contributed by atoms with E-state index in [1.165, 1.54) is 60.7 Å². The summed E-state index contributed by atoms with van der Waals surface area (Å²) in [6.45, 7) is -1.80. The Morgan fingerprint density at radius 1 is 0.732 bits per heavy atom. The quantitative estimate of drug-likeness (QED) is 0.179. The summed E-state index contributed by atoms with van der Waals surface area (Å²) in [5.74, 6) is -2.93. The number of hydrogen-bond acceptors (Lipinski definition) is 6. The number of aromatic amines is 2. The zero-order valence-corrected chi connectivity index (χ0v) is 22.0. The molecule has 0 spiro atoms. The Labute approximate surface area is 242 Å². The monoisotopic (exact) mass is 638 g/mol. The van der Waals surface area contributed by atoms with Crippen molar-refractivity contribution in [2.45, 2.75) is 12.5 Å². The van der Waals surface area contributed by atoms with Crippen molar-refractivity contribution in [3.8, 4) is 0 Å². The van der Waals surface area contributed by atoms with Crippen LogP contribution in [0.3, 0.4) is 0 Å². The van der Waals surface area contributed by atoms with Crippen LogP contribution in [0.25, 0.3) is 46.4 Å². The molecule has 3 aromatic heterocycles. The van der Waals surface area contributed by atoms with Crippen molar-refractivity contribution < 1.29 is 74.9 Å². The largest absolute Gasteiger partial charge is 1.00 e. The van der Waals surface area contributed by atoms with E-state index in [4.69, 9.17) is 0 Å². The van der Waals surface area contributed by atoms with Crippen LogP contribution in [0.5, 0.6) is 0 Å². The van der Waals surface area contributed by atoms with Crippen LogP contribution in [0, 0.1) is 0 Å². The predicted octanol–water partition coefficient (Wildman–Crippen LogP) is 3.05. The molecule has 3 aromatic rings. The number of hydrogen-bond donors (Lipinski definition) is 2. The molecule has 1 radical (unpaired) electrons. The first kappa shape index (κ1) is 31.5. The Balaban J connectivity index is 0.00000231. The maximum absolute atomic E-state index is 12.9. The smallest absolute Gasteiger partial charge is 0.575 e. The SMILES string of the molecule is O=C(OCC(F)(F)F)c1c2nc(cc3ccc([nH]3)c(C(=O)OC(F)(F)F)c3ccc(cc4nc1C=C4)[nH]3)C=C2.[Cl-].[Mn]. The molecule has 0 atom stereocenters. The van der Waals surface area contributed by atoms with E-state index >= 15 is 0 Å². The molecule has 2 N–H and O–H groups in total. The van der Waals surface area contributed by atoms with E-state index in [1.54, 1.807) is 0 Å². The fourth-order valence-corrected chi connectivity index (χ4v) is 3.88. The molecule has 41 heavy (non-hydrogen) atoms. The van der Waals surface area contributed by atoms with Crippen LogP contribution in [0.15, 0.2) is 36.4 Å². The summed E-state index contributed by atoms with van der Waals surface area (Å²) < 4.78 is 84.8. The van der Waals surface area contributed by atoms with E-state index in [2.05, 4.69) is 29.4 Å². The van der Waals surface area contributed by atoms with Gasteiger partial charge < -0.3 is 31.8 Å². The molecule has 5 heterocycles. The number of ether oxygens (including phenoxy) is 2. The summed E-state index contributed by atoms with van der Waals surface area (Å²) in [5.41, 5.74) is 0.362. The molecule has 16 heteroatoms. The Bertz CT molecular complexity index is 1630. The van der Waals surface area contributed by atoms with Crippen LogP contribution in [0.2, 0.25) is 0 Å². The first-order valence-corrected chi connectivity index (χ1v) is 11.0. The van der Waals surface area contributed by atoms with Crippen molar-refractivity contribution in [2.24, 2.45) is 0 Å². The zero-order valence-electron chi connectivity index (χ0n) is 20.0. The van der Waals surface area contributed by atoms with Crippen LogP contribution in [-0.2, 0) is 26.5 Å². The maximum atomic E-state index is 12.9. The molecule has 8 bridgehead atoms. The van der Waals surface area contributed by atoms with E-state index in [9.17, 15) is 35.9 Å². The van der Waals surface area contributed by atoms with Crippen molar-refractivity contribution in [1.82, 2.24) is 19.9 Å². The average Bonchev–Trinajstić information content (AvgIpc) is 3.62. The van der Waals surface area contributed by atoms with Crippen LogP contribution < -0.4 is 12.4 Å². The molecule has 0 saturated carbocycles. The number of esters is 2. The molecular formula is C25H14ClF6MnN4O4-. The number of alkyl halides is 6. The van der Waals surface area contributed by atoms with E-state index in [0.29, 0.717) is 11.0 Å². The van der Waals surface area contributed by atoms with Gasteiger partial charge in [-0.1, -0.05) is 0 Å². The van der Waals surface area contributed by atoms with Crippen molar-refractivity contribution in [1.29, 1.82) is 0 Å². The molecule has 0 aliphatic carbocycles. The van der Waals surface area contributed by atoms with Gasteiger partial charge in [-0.25, -0.2) is 19.6 Å². The number of carbonyl (C=O) groups excluding carboxylic acids is 2. The average molecular weight is 639 g/mol. The maximum Gasteiger partial charge on any atom is 0.575 e. The molecule has 0 saturated heterocycles. The fourth-order valence-electron chi connectivity index (χ4n) is 3.88. The van der Waals surface area contributed by atoms with Gasteiger partial charge in [-0.3, -0.25) is 0 Å². The number of halogens is 7. The second kappa shape index (κ2) is 11.8. The topological polar surface area (TPSA) is 110 Å². The summed E-state index contributed by atoms with van der Waals surface area (Å²) >= 11 is 0. The third-order valence-corrected chi connectivity index (χ3v) is 5.38. The van der Waals surface area contributed by atoms with E-state index in [0.717, 1.165) is 0 Å². The van der Waals surface area contributed by atoms with Gasteiger partial charge in [0, 0.05) is 28.1 Å². The molecule has 2 aliphatic heterocycles. The van der Waals surface area contributed by atoms with Crippen LogP contribution >= 0.6 is 0 Å². The summed E-state index contributed by atoms with van der Waals surface area (Å²) in [7, 11) is 0. The molecule has 0 aromatic carbocycles. The van der Waals surface area contributed by atoms with Gasteiger partial charge in [0.25, 0.3) is 0 Å². The third kappa shape index (κ3) is 7.37. The van der Waals surface area contributed by atoms with Crippen LogP contribution in [0.1, 0.15) is 43.5 Å². The molecule has 8 nitrogen and oxygen atoms in total. The summed E-state index contributed by atoms with van der Waals surface area (Å²) in [6, 6.07) is 8.55. The molecule has 0 amide bonds. The van der Waals surface area contributed by atoms with E-state index in [-0.39, 0.29) is 68.8 Å². The van der Waals surface area contributed by atoms with E-state index in [1.807, 2.05) is 0 Å². The van der Waals surface area contributed by atoms with Gasteiger partial charge in [-0.05, 0) is 60.7 Å². The second-order valence-corrected chi connectivity index (χ2v) is 8.23. The molecular weight excluding hydrogens is 625 g/mol. The number of nitrogens with one attached hydrogen (secondary N) is 2. The Morgan fingerprint density at radius 3 is 1.66 bits per heavy atom. The van der Waals surface area contributed by atoms with Gasteiger partial charge in [0.2, 0.25) is 0 Å². The van der Waals surface area contributed by atoms with Crippen molar-refractivity contribution in [3.63, 3.8) is 0 Å². The van der Waals surface area contributed by atoms with Gasteiger partial charge in [0.05, 0.1) is 33.8 Å². The number of aromatic nitrogens is 4. The number of H-pyrrole nitrogens is 2. The summed E-state index contributed by atoms with van der Waals surface area (Å²) in [4.78, 5) is 39.4. The van der Waals surface area contributed by atoms with Gasteiger partial charge in [0.15, 0.2) is 6.61 Å². The normalized spacial score (nSPS) is 12.3. The Kier molecular flexibility index (Phi) is 9.06. The molecule has 2 aliphatic rings. The van der Waals surface area contributed by atoms with Gasteiger partial charge in [-0.2, -0.15) is 13.2 Å². The Hall–Kier alpha value is -4.07. The van der Waals surface area contributed by atoms with Gasteiger partial charge in [0.1, 0.15) is 11.1 Å². The number of rotatable bonds is 3. The summed E-state index contributed by atoms with van der Waals surface area (Å²) in [5, 5.41) is 0. The fraction of sp³-hybridized carbons (Fsp3) is 0.120. The minimum Gasteiger partial charge on any atom is -1.00 e. The first-order chi connectivity index (χ1) is 18.3. The summed E-state index contributed by atoms with van der Waals surface area (Å²) in [6.07, 6.45) is -4.29. The first-order valence-electron chi connectivity index (χ1n) is 11.0. The van der Waals surface area contributed by atoms with Crippen molar-refractivity contribution in [3.05, 3.63) is 70.3 Å². The number of nitrogens with zero attached hydrogens (tertiary/aromatic N) is 2. The molecule has 0 unspecified atom stereocenters. The van der Waals surface area contributed by atoms with Crippen LogP contribution in [-0.4, -0.2) is 51.0 Å². The van der Waals surface area contributed by atoms with Crippen molar-refractivity contribution in [2.75, 3.05) is 6.61 Å². The number of fused-ring (bicyclic) bond motifs is 8. The van der Waals surface area contributed by atoms with Crippen LogP contribution in [0.4, 0.5) is 26.3 Å². The van der Waals surface area contributed by atoms with Gasteiger partial charge in [-0.15, -0.1) is 13.2 Å². The molecule has 215 valence electrons. The molecule has 5 rings (SSSR count). The van der Waals surface area contributed by atoms with E-state index < -0.39 is 36.6 Å². The zero-order chi connectivity index (χ0) is 27.9. The minimum absolute atomic E-state index is 0. The second-order valence-electron chi connectivity index (χ2n) is 8.23. The Morgan fingerprint density at radius 2 is 1.22 bits per heavy atom. The molecule has 0 fully saturated rings. The number of carbonyl (C=O) groups is 2. The predicted molar refractivity (Wildman–Crippen MR) is 127 cm³/mol. The standard InChI is InChI=1S/C25H14F6N4O4.ClH.Mn/c26-24(27,28)11-38-22(36)20-16-5-1-12(32-16)9-14-3-7-18(34-14)21(23(37)39-25(29,30)31)19-8-4-15(35-19)10-13-2-6-17(20)33-13;;/h1-10,34-35H,11H2;1H;/p-1. The third-order valence-electron chi connectivity index (χ3n) is 5.38. The minimum atomic E-state index is -5.22.